The van der Waals surface area contributed by atoms with E-state index in [4.69, 9.17) is 0 Å². The summed E-state index contributed by atoms with van der Waals surface area (Å²) in [4.78, 5) is 18.1. The van der Waals surface area contributed by atoms with Gasteiger partial charge in [0.25, 0.3) is 12.0 Å². The minimum Gasteiger partial charge on any atom is -0.299 e. The molecular formula is C18H23F2N5O. The molecule has 0 saturated carbocycles. The second kappa shape index (κ2) is 7.26. The maximum absolute atomic E-state index is 12.6. The summed E-state index contributed by atoms with van der Waals surface area (Å²) in [6.45, 7) is 4.47. The van der Waals surface area contributed by atoms with Crippen molar-refractivity contribution in [1.29, 1.82) is 0 Å². The lowest BCUT2D eigenvalue weighted by Gasteiger charge is -2.32. The molecule has 2 aliphatic rings. The van der Waals surface area contributed by atoms with Gasteiger partial charge >= 0.3 is 0 Å². The Morgan fingerprint density at radius 2 is 2.04 bits per heavy atom. The first kappa shape index (κ1) is 17.3. The number of fused-ring (bicyclic) bond motifs is 1. The zero-order chi connectivity index (χ0) is 18.1. The number of aromatic nitrogens is 4. The average molecular weight is 363 g/mol. The molecule has 0 aliphatic carbocycles. The summed E-state index contributed by atoms with van der Waals surface area (Å²) in [5, 5.41) is 4.45. The van der Waals surface area contributed by atoms with E-state index in [-0.39, 0.29) is 0 Å². The van der Waals surface area contributed by atoms with E-state index in [0.29, 0.717) is 12.5 Å². The lowest BCUT2D eigenvalue weighted by atomic mass is 9.96. The van der Waals surface area contributed by atoms with Crippen molar-refractivity contribution < 1.29 is 8.78 Å². The summed E-state index contributed by atoms with van der Waals surface area (Å²) >= 11 is 0. The molecular weight excluding hydrogens is 340 g/mol. The Kier molecular flexibility index (Phi) is 4.84. The van der Waals surface area contributed by atoms with Gasteiger partial charge in [-0.05, 0) is 44.7 Å². The van der Waals surface area contributed by atoms with Crippen molar-refractivity contribution in [2.24, 2.45) is 5.92 Å². The molecule has 1 fully saturated rings. The largest absolute Gasteiger partial charge is 0.299 e. The number of halogens is 2. The SMILES string of the molecule is O=c1cc(C(F)F)ncn1CC1CCN(Cc2cnn3c2CCC3)CC1. The Labute approximate surface area is 150 Å². The van der Waals surface area contributed by atoms with Crippen LogP contribution in [-0.2, 0) is 26.1 Å². The van der Waals surface area contributed by atoms with Crippen LogP contribution in [-0.4, -0.2) is 37.3 Å². The third-order valence-electron chi connectivity index (χ3n) is 5.50. The summed E-state index contributed by atoms with van der Waals surface area (Å²) in [6.07, 6.45) is 4.84. The maximum Gasteiger partial charge on any atom is 0.280 e. The summed E-state index contributed by atoms with van der Waals surface area (Å²) < 4.78 is 28.8. The third kappa shape index (κ3) is 3.56. The highest BCUT2D eigenvalue weighted by Gasteiger charge is 2.23. The van der Waals surface area contributed by atoms with E-state index in [1.165, 1.54) is 28.6 Å². The molecule has 0 atom stereocenters. The highest BCUT2D eigenvalue weighted by Crippen LogP contribution is 2.24. The Morgan fingerprint density at radius 3 is 2.77 bits per heavy atom. The zero-order valence-corrected chi connectivity index (χ0v) is 14.7. The molecule has 8 heteroatoms. The van der Waals surface area contributed by atoms with E-state index in [2.05, 4.69) is 19.7 Å². The van der Waals surface area contributed by atoms with Crippen LogP contribution in [0.4, 0.5) is 8.78 Å². The van der Waals surface area contributed by atoms with Crippen molar-refractivity contribution in [3.05, 3.63) is 45.9 Å². The molecule has 2 aromatic heterocycles. The fraction of sp³-hybridized carbons (Fsp3) is 0.611. The van der Waals surface area contributed by atoms with Gasteiger partial charge in [0.2, 0.25) is 0 Å². The minimum atomic E-state index is -2.70. The monoisotopic (exact) mass is 363 g/mol. The Morgan fingerprint density at radius 1 is 1.23 bits per heavy atom. The van der Waals surface area contributed by atoms with Crippen molar-refractivity contribution in [2.45, 2.75) is 51.7 Å². The summed E-state index contributed by atoms with van der Waals surface area (Å²) in [5.41, 5.74) is 1.87. The van der Waals surface area contributed by atoms with Crippen LogP contribution in [0.25, 0.3) is 0 Å². The van der Waals surface area contributed by atoms with Crippen LogP contribution in [0.5, 0.6) is 0 Å². The molecule has 1 saturated heterocycles. The first-order valence-corrected chi connectivity index (χ1v) is 9.20. The molecule has 0 bridgehead atoms. The first-order valence-electron chi connectivity index (χ1n) is 9.20. The van der Waals surface area contributed by atoms with Gasteiger partial charge in [-0.25, -0.2) is 13.8 Å². The minimum absolute atomic E-state index is 0.376. The zero-order valence-electron chi connectivity index (χ0n) is 14.7. The number of hydrogen-bond acceptors (Lipinski definition) is 4. The van der Waals surface area contributed by atoms with Gasteiger partial charge in [-0.15, -0.1) is 0 Å². The summed E-state index contributed by atoms with van der Waals surface area (Å²) in [6, 6.07) is 0.945. The van der Waals surface area contributed by atoms with Gasteiger partial charge < -0.3 is 0 Å². The van der Waals surface area contributed by atoms with E-state index in [1.54, 1.807) is 0 Å². The Bertz CT molecular complexity index is 823. The molecule has 6 nitrogen and oxygen atoms in total. The van der Waals surface area contributed by atoms with Crippen LogP contribution in [0.15, 0.2) is 23.4 Å². The summed E-state index contributed by atoms with van der Waals surface area (Å²) in [5.74, 6) is 0.376. The second-order valence-electron chi connectivity index (χ2n) is 7.27. The van der Waals surface area contributed by atoms with Gasteiger partial charge in [-0.2, -0.15) is 5.10 Å². The number of aryl methyl sites for hydroxylation is 1. The van der Waals surface area contributed by atoms with Crippen molar-refractivity contribution >= 4 is 0 Å². The highest BCUT2D eigenvalue weighted by molar-refractivity contribution is 5.20. The molecule has 2 aliphatic heterocycles. The van der Waals surface area contributed by atoms with Crippen LogP contribution in [0.3, 0.4) is 0 Å². The Hall–Kier alpha value is -2.09. The molecule has 4 heterocycles. The lowest BCUT2D eigenvalue weighted by Crippen LogP contribution is -2.36. The topological polar surface area (TPSA) is 56.0 Å². The molecule has 0 aromatic carbocycles. The highest BCUT2D eigenvalue weighted by atomic mass is 19.3. The molecule has 0 radical (unpaired) electrons. The van der Waals surface area contributed by atoms with E-state index < -0.39 is 17.7 Å². The summed E-state index contributed by atoms with van der Waals surface area (Å²) in [7, 11) is 0. The average Bonchev–Trinajstić information content (AvgIpc) is 3.23. The van der Waals surface area contributed by atoms with Crippen LogP contribution < -0.4 is 5.56 Å². The van der Waals surface area contributed by atoms with Crippen LogP contribution in [0.1, 0.15) is 42.6 Å². The molecule has 26 heavy (non-hydrogen) atoms. The second-order valence-corrected chi connectivity index (χ2v) is 7.27. The number of alkyl halides is 2. The van der Waals surface area contributed by atoms with Gasteiger partial charge in [0.05, 0.1) is 12.5 Å². The van der Waals surface area contributed by atoms with Crippen LogP contribution in [0, 0.1) is 5.92 Å². The van der Waals surface area contributed by atoms with Gasteiger partial charge in [0, 0.05) is 37.0 Å². The van der Waals surface area contributed by atoms with Crippen molar-refractivity contribution in [1.82, 2.24) is 24.2 Å². The van der Waals surface area contributed by atoms with Crippen molar-refractivity contribution in [3.8, 4) is 0 Å². The fourth-order valence-electron chi connectivity index (χ4n) is 4.00. The molecule has 0 amide bonds. The molecule has 0 spiro atoms. The lowest BCUT2D eigenvalue weighted by molar-refractivity contribution is 0.144. The fourth-order valence-corrected chi connectivity index (χ4v) is 4.00. The van der Waals surface area contributed by atoms with Gasteiger partial charge in [0.15, 0.2) is 0 Å². The predicted octanol–water partition coefficient (Wildman–Crippen LogP) is 2.24. The van der Waals surface area contributed by atoms with Crippen molar-refractivity contribution in [2.75, 3.05) is 13.1 Å². The number of hydrogen-bond donors (Lipinski definition) is 0. The maximum atomic E-state index is 12.6. The van der Waals surface area contributed by atoms with Crippen LogP contribution >= 0.6 is 0 Å². The Balaban J connectivity index is 1.32. The number of nitrogens with zero attached hydrogens (tertiary/aromatic N) is 5. The molecule has 2 aromatic rings. The van der Waals surface area contributed by atoms with E-state index in [1.807, 2.05) is 6.20 Å². The normalized spacial score (nSPS) is 18.6. The van der Waals surface area contributed by atoms with E-state index in [0.717, 1.165) is 51.5 Å². The van der Waals surface area contributed by atoms with E-state index >= 15 is 0 Å². The van der Waals surface area contributed by atoms with Crippen LogP contribution in [0.2, 0.25) is 0 Å². The quantitative estimate of drug-likeness (QED) is 0.818. The number of likely N-dealkylation sites (tertiary alicyclic amines) is 1. The molecule has 4 rings (SSSR count). The molecule has 140 valence electrons. The smallest absolute Gasteiger partial charge is 0.280 e. The number of piperidine rings is 1. The number of rotatable bonds is 5. The predicted molar refractivity (Wildman–Crippen MR) is 92.0 cm³/mol. The van der Waals surface area contributed by atoms with Crippen molar-refractivity contribution in [3.63, 3.8) is 0 Å². The standard InChI is InChI=1S/C18H23F2N5O/c19-18(20)15-8-17(26)24(12-21-15)10-13-3-6-23(7-4-13)11-14-9-22-25-5-1-2-16(14)25/h8-9,12-13,18H,1-7,10-11H2. The van der Waals surface area contributed by atoms with E-state index in [9.17, 15) is 13.6 Å². The first-order chi connectivity index (χ1) is 12.6. The van der Waals surface area contributed by atoms with Gasteiger partial charge in [-0.3, -0.25) is 18.9 Å². The molecule has 0 N–H and O–H groups in total. The van der Waals surface area contributed by atoms with Gasteiger partial charge in [0.1, 0.15) is 5.69 Å². The molecule has 0 unspecified atom stereocenters. The third-order valence-corrected chi connectivity index (χ3v) is 5.50. The van der Waals surface area contributed by atoms with Gasteiger partial charge in [-0.1, -0.05) is 0 Å².